The van der Waals surface area contributed by atoms with Gasteiger partial charge in [0.25, 0.3) is 0 Å². The highest BCUT2D eigenvalue weighted by Gasteiger charge is 2.42. The molecule has 156 valence electrons. The first-order valence-corrected chi connectivity index (χ1v) is 10.1. The fraction of sp³-hybridized carbons (Fsp3) is 0.619. The van der Waals surface area contributed by atoms with Crippen LogP contribution in [0.25, 0.3) is 0 Å². The Morgan fingerprint density at radius 3 is 2.89 bits per heavy atom. The molecule has 28 heavy (non-hydrogen) atoms. The third kappa shape index (κ3) is 6.07. The maximum absolute atomic E-state index is 11.8. The van der Waals surface area contributed by atoms with E-state index >= 15 is 0 Å². The first-order chi connectivity index (χ1) is 13.1. The molecule has 6 nitrogen and oxygen atoms in total. The molecule has 0 saturated carbocycles. The number of nitrogens with one attached hydrogen (secondary N) is 2. The number of carbonyl (C=O) groups is 1. The van der Waals surface area contributed by atoms with E-state index in [1.54, 1.807) is 0 Å². The van der Waals surface area contributed by atoms with Gasteiger partial charge in [0.1, 0.15) is 0 Å². The highest BCUT2D eigenvalue weighted by atomic mass is 127. The Kier molecular flexibility index (Phi) is 9.01. The van der Waals surface area contributed by atoms with Gasteiger partial charge in [-0.15, -0.1) is 24.0 Å². The Hall–Kier alpha value is -1.35. The van der Waals surface area contributed by atoms with Crippen molar-refractivity contribution >= 4 is 41.5 Å². The van der Waals surface area contributed by atoms with E-state index in [0.717, 1.165) is 62.9 Å². The summed E-state index contributed by atoms with van der Waals surface area (Å²) < 4.78 is 5.64. The molecule has 2 fully saturated rings. The van der Waals surface area contributed by atoms with Crippen LogP contribution in [-0.2, 0) is 16.1 Å². The number of rotatable bonds is 6. The van der Waals surface area contributed by atoms with Crippen molar-refractivity contribution in [3.63, 3.8) is 0 Å². The van der Waals surface area contributed by atoms with E-state index in [2.05, 4.69) is 28.5 Å². The zero-order valence-electron chi connectivity index (χ0n) is 17.0. The number of guanidine groups is 1. The summed E-state index contributed by atoms with van der Waals surface area (Å²) in [6.45, 7) is 9.37. The van der Waals surface area contributed by atoms with E-state index in [0.29, 0.717) is 18.4 Å². The summed E-state index contributed by atoms with van der Waals surface area (Å²) in [5.41, 5.74) is 2.26. The summed E-state index contributed by atoms with van der Waals surface area (Å²) in [6, 6.07) is 7.96. The Labute approximate surface area is 185 Å². The van der Waals surface area contributed by atoms with Crippen molar-refractivity contribution in [2.75, 3.05) is 38.2 Å². The van der Waals surface area contributed by atoms with Gasteiger partial charge < -0.3 is 20.3 Å². The number of carbonyl (C=O) groups excluding carboxylic acids is 1. The molecule has 1 aromatic rings. The number of hydrogen-bond donors (Lipinski definition) is 2. The second-order valence-corrected chi connectivity index (χ2v) is 7.64. The van der Waals surface area contributed by atoms with Gasteiger partial charge in [0.05, 0.1) is 13.2 Å². The minimum Gasteiger partial charge on any atom is -0.381 e. The number of halogens is 1. The van der Waals surface area contributed by atoms with Crippen molar-refractivity contribution in [3.05, 3.63) is 29.8 Å². The molecule has 1 atom stereocenters. The summed E-state index contributed by atoms with van der Waals surface area (Å²) in [5, 5.41) is 6.39. The van der Waals surface area contributed by atoms with E-state index in [-0.39, 0.29) is 29.9 Å². The average Bonchev–Trinajstić information content (AvgIpc) is 3.29. The minimum atomic E-state index is 0. The number of amides is 1. The van der Waals surface area contributed by atoms with Crippen LogP contribution in [0.1, 0.15) is 45.1 Å². The van der Waals surface area contributed by atoms with Crippen LogP contribution in [0.2, 0.25) is 0 Å². The molecule has 3 rings (SSSR count). The Bertz CT molecular complexity index is 674. The number of ether oxygens (including phenoxy) is 1. The second kappa shape index (κ2) is 11.0. The van der Waals surface area contributed by atoms with Crippen molar-refractivity contribution in [2.45, 2.75) is 46.1 Å². The average molecular weight is 500 g/mol. The maximum atomic E-state index is 11.8. The number of likely N-dealkylation sites (tertiary alicyclic amines) is 1. The number of anilines is 1. The van der Waals surface area contributed by atoms with E-state index in [4.69, 9.17) is 9.73 Å². The number of hydrogen-bond acceptors (Lipinski definition) is 3. The number of benzene rings is 1. The van der Waals surface area contributed by atoms with Gasteiger partial charge in [0, 0.05) is 43.8 Å². The van der Waals surface area contributed by atoms with Crippen LogP contribution in [0.5, 0.6) is 0 Å². The lowest BCUT2D eigenvalue weighted by Crippen LogP contribution is -2.41. The largest absolute Gasteiger partial charge is 0.381 e. The number of nitrogens with zero attached hydrogens (tertiary/aromatic N) is 2. The van der Waals surface area contributed by atoms with Gasteiger partial charge in [-0.25, -0.2) is 4.99 Å². The highest BCUT2D eigenvalue weighted by Crippen LogP contribution is 2.38. The quantitative estimate of drug-likeness (QED) is 0.356. The molecule has 2 N–H and O–H groups in total. The standard InChI is InChI=1S/C21H32N4O2.HI/c1-3-6-19(26)24-18-8-5-7-17(13-18)14-23-20(22-4-2)25-11-9-21(15-25)10-12-27-16-21;/h5,7-8,13H,3-4,6,9-12,14-16H2,1-2H3,(H,22,23)(H,24,26);1H. The predicted octanol–water partition coefficient (Wildman–Crippen LogP) is 3.62. The molecule has 2 aliphatic rings. The first kappa shape index (κ1) is 22.9. The third-order valence-corrected chi connectivity index (χ3v) is 5.36. The molecule has 2 saturated heterocycles. The summed E-state index contributed by atoms with van der Waals surface area (Å²) in [4.78, 5) is 19.0. The molecule has 0 aliphatic carbocycles. The van der Waals surface area contributed by atoms with Gasteiger partial charge >= 0.3 is 0 Å². The fourth-order valence-corrected chi connectivity index (χ4v) is 3.88. The van der Waals surface area contributed by atoms with Crippen LogP contribution in [-0.4, -0.2) is 49.6 Å². The molecule has 0 aromatic heterocycles. The topological polar surface area (TPSA) is 66.0 Å². The van der Waals surface area contributed by atoms with Gasteiger partial charge in [-0.3, -0.25) is 4.79 Å². The fourth-order valence-electron chi connectivity index (χ4n) is 3.88. The molecule has 2 aliphatic heterocycles. The SMILES string of the molecule is CCCC(=O)Nc1cccc(CN=C(NCC)N2CCC3(CCOC3)C2)c1.I. The molecule has 1 unspecified atom stereocenters. The van der Waals surface area contributed by atoms with Gasteiger partial charge in [0.2, 0.25) is 5.91 Å². The Balaban J connectivity index is 0.00000280. The normalized spacial score (nSPS) is 21.6. The van der Waals surface area contributed by atoms with Gasteiger partial charge in [0.15, 0.2) is 5.96 Å². The van der Waals surface area contributed by atoms with Crippen LogP contribution in [0.4, 0.5) is 5.69 Å². The zero-order chi connectivity index (χ0) is 19.1. The van der Waals surface area contributed by atoms with Crippen LogP contribution < -0.4 is 10.6 Å². The van der Waals surface area contributed by atoms with Crippen molar-refractivity contribution in [1.29, 1.82) is 0 Å². The molecule has 1 spiro atoms. The minimum absolute atomic E-state index is 0. The molecule has 0 bridgehead atoms. The maximum Gasteiger partial charge on any atom is 0.224 e. The van der Waals surface area contributed by atoms with Gasteiger partial charge in [-0.05, 0) is 43.9 Å². The zero-order valence-corrected chi connectivity index (χ0v) is 19.3. The van der Waals surface area contributed by atoms with Crippen molar-refractivity contribution in [2.24, 2.45) is 10.4 Å². The molecular weight excluding hydrogens is 467 g/mol. The molecule has 0 radical (unpaired) electrons. The second-order valence-electron chi connectivity index (χ2n) is 7.64. The summed E-state index contributed by atoms with van der Waals surface area (Å²) >= 11 is 0. The van der Waals surface area contributed by atoms with E-state index in [1.165, 1.54) is 6.42 Å². The van der Waals surface area contributed by atoms with E-state index < -0.39 is 0 Å². The van der Waals surface area contributed by atoms with Crippen molar-refractivity contribution in [3.8, 4) is 0 Å². The van der Waals surface area contributed by atoms with Crippen LogP contribution in [0, 0.1) is 5.41 Å². The van der Waals surface area contributed by atoms with Crippen LogP contribution in [0.15, 0.2) is 29.3 Å². The number of aliphatic imine (C=N–C) groups is 1. The van der Waals surface area contributed by atoms with E-state index in [9.17, 15) is 4.79 Å². The van der Waals surface area contributed by atoms with E-state index in [1.807, 2.05) is 25.1 Å². The predicted molar refractivity (Wildman–Crippen MR) is 124 cm³/mol. The highest BCUT2D eigenvalue weighted by molar-refractivity contribution is 14.0. The third-order valence-electron chi connectivity index (χ3n) is 5.36. The van der Waals surface area contributed by atoms with Crippen molar-refractivity contribution in [1.82, 2.24) is 10.2 Å². The first-order valence-electron chi connectivity index (χ1n) is 10.1. The van der Waals surface area contributed by atoms with Crippen LogP contribution >= 0.6 is 24.0 Å². The summed E-state index contributed by atoms with van der Waals surface area (Å²) in [7, 11) is 0. The lowest BCUT2D eigenvalue weighted by molar-refractivity contribution is -0.116. The summed E-state index contributed by atoms with van der Waals surface area (Å²) in [6.07, 6.45) is 3.73. The van der Waals surface area contributed by atoms with Gasteiger partial charge in [-0.2, -0.15) is 0 Å². The van der Waals surface area contributed by atoms with Gasteiger partial charge in [-0.1, -0.05) is 19.1 Å². The lowest BCUT2D eigenvalue weighted by Gasteiger charge is -2.25. The van der Waals surface area contributed by atoms with Crippen molar-refractivity contribution < 1.29 is 9.53 Å². The summed E-state index contributed by atoms with van der Waals surface area (Å²) in [5.74, 6) is 1.04. The molecular formula is C21H33IN4O2. The molecule has 7 heteroatoms. The monoisotopic (exact) mass is 500 g/mol. The Morgan fingerprint density at radius 2 is 2.18 bits per heavy atom. The lowest BCUT2D eigenvalue weighted by atomic mass is 9.87. The molecule has 2 heterocycles. The smallest absolute Gasteiger partial charge is 0.224 e. The molecule has 1 aromatic carbocycles. The Morgan fingerprint density at radius 1 is 1.32 bits per heavy atom. The molecule has 1 amide bonds. The van der Waals surface area contributed by atoms with Crippen LogP contribution in [0.3, 0.4) is 0 Å².